The van der Waals surface area contributed by atoms with E-state index in [1.54, 1.807) is 0 Å². The molecule has 1 fully saturated rings. The van der Waals surface area contributed by atoms with Crippen molar-refractivity contribution < 1.29 is 19.1 Å². The Morgan fingerprint density at radius 3 is 2.61 bits per heavy atom. The fraction of sp³-hybridized carbons (Fsp3) is 0.800. The SMILES string of the molecule is CC(C)C[C@H](NC(=O)[C@@H]1CCCN1C(=O)COCCN)C(N)=O. The number of hydrogen-bond donors (Lipinski definition) is 3. The van der Waals surface area contributed by atoms with Crippen molar-refractivity contribution in [3.05, 3.63) is 0 Å². The number of likely N-dealkylation sites (tertiary alicyclic amines) is 1. The fourth-order valence-corrected chi connectivity index (χ4v) is 2.65. The van der Waals surface area contributed by atoms with Crippen molar-refractivity contribution in [1.82, 2.24) is 10.2 Å². The highest BCUT2D eigenvalue weighted by atomic mass is 16.5. The molecule has 1 rings (SSSR count). The molecule has 0 aromatic heterocycles. The van der Waals surface area contributed by atoms with E-state index in [0.717, 1.165) is 6.42 Å². The Labute approximate surface area is 136 Å². The number of nitrogens with one attached hydrogen (secondary N) is 1. The first-order valence-corrected chi connectivity index (χ1v) is 8.03. The van der Waals surface area contributed by atoms with Gasteiger partial charge in [-0.25, -0.2) is 0 Å². The van der Waals surface area contributed by atoms with Crippen molar-refractivity contribution in [3.8, 4) is 0 Å². The third-order valence-electron chi connectivity index (χ3n) is 3.73. The highest BCUT2D eigenvalue weighted by Crippen LogP contribution is 2.18. The Bertz CT molecular complexity index is 428. The van der Waals surface area contributed by atoms with Gasteiger partial charge in [0.25, 0.3) is 0 Å². The van der Waals surface area contributed by atoms with E-state index in [1.165, 1.54) is 4.90 Å². The number of carbonyl (C=O) groups is 3. The molecule has 8 nitrogen and oxygen atoms in total. The molecule has 0 spiro atoms. The molecule has 0 radical (unpaired) electrons. The second-order valence-electron chi connectivity index (χ2n) is 6.18. The first-order valence-electron chi connectivity index (χ1n) is 8.03. The van der Waals surface area contributed by atoms with Crippen molar-refractivity contribution in [3.63, 3.8) is 0 Å². The first kappa shape index (κ1) is 19.4. The molecule has 0 unspecified atom stereocenters. The summed E-state index contributed by atoms with van der Waals surface area (Å²) in [6.07, 6.45) is 1.79. The summed E-state index contributed by atoms with van der Waals surface area (Å²) in [6, 6.07) is -1.29. The monoisotopic (exact) mass is 328 g/mol. The standard InChI is InChI=1S/C15H28N4O4/c1-10(2)8-11(14(17)21)18-15(22)12-4-3-6-19(12)13(20)9-23-7-5-16/h10-12H,3-9,16H2,1-2H3,(H2,17,21)(H,18,22)/t11-,12-/m0/s1. The molecule has 132 valence electrons. The molecule has 0 aromatic carbocycles. The van der Waals surface area contributed by atoms with Gasteiger partial charge in [0, 0.05) is 13.1 Å². The van der Waals surface area contributed by atoms with Crippen molar-refractivity contribution >= 4 is 17.7 Å². The van der Waals surface area contributed by atoms with Crippen LogP contribution in [0.25, 0.3) is 0 Å². The summed E-state index contributed by atoms with van der Waals surface area (Å²) in [4.78, 5) is 37.5. The summed E-state index contributed by atoms with van der Waals surface area (Å²) < 4.78 is 5.13. The minimum absolute atomic E-state index is 0.0910. The van der Waals surface area contributed by atoms with Crippen molar-refractivity contribution in [2.24, 2.45) is 17.4 Å². The van der Waals surface area contributed by atoms with Crippen molar-refractivity contribution in [1.29, 1.82) is 0 Å². The van der Waals surface area contributed by atoms with Gasteiger partial charge in [-0.1, -0.05) is 13.8 Å². The zero-order valence-corrected chi connectivity index (χ0v) is 13.9. The molecule has 0 aliphatic carbocycles. The first-order chi connectivity index (χ1) is 10.9. The van der Waals surface area contributed by atoms with Gasteiger partial charge in [-0.3, -0.25) is 14.4 Å². The molecule has 0 bridgehead atoms. The highest BCUT2D eigenvalue weighted by Gasteiger charge is 2.35. The molecule has 3 amide bonds. The zero-order chi connectivity index (χ0) is 17.4. The van der Waals surface area contributed by atoms with Crippen LogP contribution in [-0.2, 0) is 19.1 Å². The van der Waals surface area contributed by atoms with Gasteiger partial charge in [0.15, 0.2) is 0 Å². The van der Waals surface area contributed by atoms with Gasteiger partial charge in [0.1, 0.15) is 18.7 Å². The maximum absolute atomic E-state index is 12.4. The lowest BCUT2D eigenvalue weighted by atomic mass is 10.0. The minimum atomic E-state index is -0.714. The van der Waals surface area contributed by atoms with E-state index in [9.17, 15) is 14.4 Å². The second kappa shape index (κ2) is 9.46. The van der Waals surface area contributed by atoms with Crippen LogP contribution in [0.3, 0.4) is 0 Å². The second-order valence-corrected chi connectivity index (χ2v) is 6.18. The van der Waals surface area contributed by atoms with Gasteiger partial charge in [-0.15, -0.1) is 0 Å². The molecular formula is C15H28N4O4. The van der Waals surface area contributed by atoms with Crippen molar-refractivity contribution in [2.45, 2.75) is 45.2 Å². The maximum Gasteiger partial charge on any atom is 0.249 e. The van der Waals surface area contributed by atoms with Gasteiger partial charge in [-0.05, 0) is 25.2 Å². The molecule has 0 saturated carbocycles. The maximum atomic E-state index is 12.4. The fourth-order valence-electron chi connectivity index (χ4n) is 2.65. The molecule has 1 saturated heterocycles. The molecule has 2 atom stereocenters. The van der Waals surface area contributed by atoms with Crippen LogP contribution in [0.15, 0.2) is 0 Å². The Morgan fingerprint density at radius 2 is 2.04 bits per heavy atom. The number of carbonyl (C=O) groups excluding carboxylic acids is 3. The summed E-state index contributed by atoms with van der Waals surface area (Å²) in [5.41, 5.74) is 10.7. The Balaban J connectivity index is 2.62. The summed E-state index contributed by atoms with van der Waals surface area (Å²) in [5.74, 6) is -0.914. The molecule has 1 heterocycles. The third-order valence-corrected chi connectivity index (χ3v) is 3.73. The van der Waals surface area contributed by atoms with Gasteiger partial charge in [-0.2, -0.15) is 0 Å². The quantitative estimate of drug-likeness (QED) is 0.466. The van der Waals surface area contributed by atoms with Gasteiger partial charge in [0.05, 0.1) is 6.61 Å². The average molecular weight is 328 g/mol. The normalized spacial score (nSPS) is 19.0. The number of ether oxygens (including phenoxy) is 1. The van der Waals surface area contributed by atoms with E-state index in [1.807, 2.05) is 13.8 Å². The van der Waals surface area contributed by atoms with Crippen LogP contribution in [-0.4, -0.2) is 61.0 Å². The van der Waals surface area contributed by atoms with Crippen LogP contribution < -0.4 is 16.8 Å². The Kier molecular flexibility index (Phi) is 7.97. The Morgan fingerprint density at radius 1 is 1.35 bits per heavy atom. The van der Waals surface area contributed by atoms with E-state index in [2.05, 4.69) is 5.32 Å². The zero-order valence-electron chi connectivity index (χ0n) is 13.9. The molecule has 0 aromatic rings. The van der Waals surface area contributed by atoms with Gasteiger partial charge >= 0.3 is 0 Å². The number of nitrogens with zero attached hydrogens (tertiary/aromatic N) is 1. The molecule has 5 N–H and O–H groups in total. The lowest BCUT2D eigenvalue weighted by molar-refractivity contribution is -0.142. The van der Waals surface area contributed by atoms with Crippen LogP contribution in [0.4, 0.5) is 0 Å². The van der Waals surface area contributed by atoms with Gasteiger partial charge < -0.3 is 26.4 Å². The van der Waals surface area contributed by atoms with E-state index in [4.69, 9.17) is 16.2 Å². The summed E-state index contributed by atoms with van der Waals surface area (Å²) in [5, 5.41) is 2.67. The smallest absolute Gasteiger partial charge is 0.249 e. The topological polar surface area (TPSA) is 128 Å². The van der Waals surface area contributed by atoms with Crippen LogP contribution >= 0.6 is 0 Å². The summed E-state index contributed by atoms with van der Waals surface area (Å²) >= 11 is 0. The Hall–Kier alpha value is -1.67. The van der Waals surface area contributed by atoms with Crippen LogP contribution in [0.2, 0.25) is 0 Å². The number of amides is 3. The number of rotatable bonds is 9. The molecular weight excluding hydrogens is 300 g/mol. The van der Waals surface area contributed by atoms with E-state index >= 15 is 0 Å². The predicted molar refractivity (Wildman–Crippen MR) is 85.2 cm³/mol. The molecule has 1 aliphatic rings. The van der Waals surface area contributed by atoms with E-state index in [-0.39, 0.29) is 24.3 Å². The largest absolute Gasteiger partial charge is 0.370 e. The van der Waals surface area contributed by atoms with Gasteiger partial charge in [0.2, 0.25) is 17.7 Å². The highest BCUT2D eigenvalue weighted by molar-refractivity contribution is 5.92. The summed E-state index contributed by atoms with van der Waals surface area (Å²) in [7, 11) is 0. The van der Waals surface area contributed by atoms with Crippen LogP contribution in [0, 0.1) is 5.92 Å². The van der Waals surface area contributed by atoms with Crippen LogP contribution in [0.1, 0.15) is 33.1 Å². The number of hydrogen-bond acceptors (Lipinski definition) is 5. The third kappa shape index (κ3) is 6.15. The van der Waals surface area contributed by atoms with E-state index < -0.39 is 18.0 Å². The summed E-state index contributed by atoms with van der Waals surface area (Å²) in [6.45, 7) is 4.95. The lowest BCUT2D eigenvalue weighted by Gasteiger charge is -2.26. The molecule has 1 aliphatic heterocycles. The number of primary amides is 1. The molecule has 8 heteroatoms. The number of nitrogens with two attached hydrogens (primary N) is 2. The lowest BCUT2D eigenvalue weighted by Crippen LogP contribution is -2.53. The van der Waals surface area contributed by atoms with Crippen molar-refractivity contribution in [2.75, 3.05) is 26.3 Å². The van der Waals surface area contributed by atoms with E-state index in [0.29, 0.717) is 32.5 Å². The van der Waals surface area contributed by atoms with Crippen LogP contribution in [0.5, 0.6) is 0 Å². The predicted octanol–water partition coefficient (Wildman–Crippen LogP) is -1.03. The average Bonchev–Trinajstić information content (AvgIpc) is 2.95. The molecule has 23 heavy (non-hydrogen) atoms. The minimum Gasteiger partial charge on any atom is -0.370 e.